The number of phosphoric ester groups is 1. The second-order valence-corrected chi connectivity index (χ2v) is 6.55. The maximum Gasteiger partial charge on any atom is 0.475 e. The Morgan fingerprint density at radius 3 is 2.00 bits per heavy atom. The molecule has 0 N–H and O–H groups in total. The molecule has 0 saturated carbocycles. The van der Waals surface area contributed by atoms with Crippen molar-refractivity contribution in [1.82, 2.24) is 0 Å². The van der Waals surface area contributed by atoms with Crippen LogP contribution in [0.1, 0.15) is 38.8 Å². The standard InChI is InChI=1S/C15H23O4P/c1-6-14-7-9-15(10-8-14)11-17-20(16,18-12(2)3)19-13(4)5/h6-10,12-13H,1,11H2,2-5H3. The van der Waals surface area contributed by atoms with Crippen LogP contribution in [0, 0.1) is 0 Å². The predicted molar refractivity (Wildman–Crippen MR) is 81.4 cm³/mol. The Kier molecular flexibility index (Phi) is 6.63. The Balaban J connectivity index is 2.69. The van der Waals surface area contributed by atoms with Gasteiger partial charge in [-0.25, -0.2) is 4.57 Å². The Morgan fingerprint density at radius 1 is 1.10 bits per heavy atom. The predicted octanol–water partition coefficient (Wildman–Crippen LogP) is 4.80. The van der Waals surface area contributed by atoms with Crippen LogP contribution in [0.25, 0.3) is 6.08 Å². The summed E-state index contributed by atoms with van der Waals surface area (Å²) in [5.74, 6) is 0. The van der Waals surface area contributed by atoms with E-state index < -0.39 is 7.82 Å². The molecule has 0 saturated heterocycles. The largest absolute Gasteiger partial charge is 0.475 e. The first-order chi connectivity index (χ1) is 9.34. The number of hydrogen-bond acceptors (Lipinski definition) is 4. The van der Waals surface area contributed by atoms with E-state index in [1.807, 2.05) is 24.3 Å². The van der Waals surface area contributed by atoms with Gasteiger partial charge in [0.1, 0.15) is 0 Å². The summed E-state index contributed by atoms with van der Waals surface area (Å²) >= 11 is 0. The van der Waals surface area contributed by atoms with Gasteiger partial charge < -0.3 is 0 Å². The molecule has 0 fully saturated rings. The van der Waals surface area contributed by atoms with Crippen molar-refractivity contribution in [3.63, 3.8) is 0 Å². The highest BCUT2D eigenvalue weighted by Crippen LogP contribution is 2.52. The Morgan fingerprint density at radius 2 is 1.60 bits per heavy atom. The maximum absolute atomic E-state index is 12.4. The minimum Gasteiger partial charge on any atom is -0.284 e. The van der Waals surface area contributed by atoms with E-state index in [2.05, 4.69) is 6.58 Å². The summed E-state index contributed by atoms with van der Waals surface area (Å²) in [4.78, 5) is 0. The molecule has 5 heteroatoms. The van der Waals surface area contributed by atoms with E-state index in [0.29, 0.717) is 0 Å². The molecule has 1 rings (SSSR count). The number of rotatable bonds is 8. The molecule has 4 nitrogen and oxygen atoms in total. The van der Waals surface area contributed by atoms with Crippen molar-refractivity contribution in [3.8, 4) is 0 Å². The molecule has 0 aromatic heterocycles. The summed E-state index contributed by atoms with van der Waals surface area (Å²) < 4.78 is 28.5. The van der Waals surface area contributed by atoms with Gasteiger partial charge in [0, 0.05) is 0 Å². The highest BCUT2D eigenvalue weighted by atomic mass is 31.2. The third kappa shape index (κ3) is 6.02. The number of benzene rings is 1. The van der Waals surface area contributed by atoms with E-state index in [1.54, 1.807) is 33.8 Å². The lowest BCUT2D eigenvalue weighted by molar-refractivity contribution is 0.0682. The zero-order valence-corrected chi connectivity index (χ0v) is 13.4. The first-order valence-corrected chi connectivity index (χ1v) is 8.13. The Hall–Kier alpha value is -0.930. The van der Waals surface area contributed by atoms with Crippen LogP contribution in [-0.4, -0.2) is 12.2 Å². The van der Waals surface area contributed by atoms with E-state index in [-0.39, 0.29) is 18.8 Å². The molecule has 0 unspecified atom stereocenters. The fourth-order valence-corrected chi connectivity index (χ4v) is 3.02. The Bertz CT molecular complexity index is 451. The molecule has 0 heterocycles. The van der Waals surface area contributed by atoms with Crippen molar-refractivity contribution >= 4 is 13.9 Å². The van der Waals surface area contributed by atoms with Gasteiger partial charge in [-0.3, -0.25) is 13.6 Å². The molecule has 20 heavy (non-hydrogen) atoms. The van der Waals surface area contributed by atoms with Crippen molar-refractivity contribution in [2.75, 3.05) is 0 Å². The van der Waals surface area contributed by atoms with E-state index in [9.17, 15) is 4.57 Å². The topological polar surface area (TPSA) is 44.8 Å². The second kappa shape index (κ2) is 7.75. The van der Waals surface area contributed by atoms with Crippen molar-refractivity contribution in [1.29, 1.82) is 0 Å². The molecule has 0 bridgehead atoms. The molecule has 0 amide bonds. The van der Waals surface area contributed by atoms with Crippen molar-refractivity contribution in [3.05, 3.63) is 42.0 Å². The summed E-state index contributed by atoms with van der Waals surface area (Å²) in [6.07, 6.45) is 1.30. The van der Waals surface area contributed by atoms with Crippen LogP contribution in [0.4, 0.5) is 0 Å². The molecule has 0 atom stereocenters. The van der Waals surface area contributed by atoms with Crippen molar-refractivity contribution in [2.24, 2.45) is 0 Å². The van der Waals surface area contributed by atoms with Gasteiger partial charge in [0.15, 0.2) is 0 Å². The second-order valence-electron chi connectivity index (χ2n) is 4.97. The summed E-state index contributed by atoms with van der Waals surface area (Å²) in [6, 6.07) is 7.63. The molecule has 0 aliphatic rings. The van der Waals surface area contributed by atoms with E-state index in [4.69, 9.17) is 13.6 Å². The molecular formula is C15H23O4P. The first-order valence-electron chi connectivity index (χ1n) is 6.67. The van der Waals surface area contributed by atoms with E-state index in [1.165, 1.54) is 0 Å². The smallest absolute Gasteiger partial charge is 0.284 e. The van der Waals surface area contributed by atoms with Crippen molar-refractivity contribution in [2.45, 2.75) is 46.5 Å². The zero-order chi connectivity index (χ0) is 15.2. The van der Waals surface area contributed by atoms with Crippen LogP contribution in [0.3, 0.4) is 0 Å². The zero-order valence-electron chi connectivity index (χ0n) is 12.5. The molecule has 112 valence electrons. The minimum absolute atomic E-state index is 0.175. The summed E-state index contributed by atoms with van der Waals surface area (Å²) in [5, 5.41) is 0. The third-order valence-electron chi connectivity index (χ3n) is 2.28. The monoisotopic (exact) mass is 298 g/mol. The SMILES string of the molecule is C=Cc1ccc(COP(=O)(OC(C)C)OC(C)C)cc1. The lowest BCUT2D eigenvalue weighted by Crippen LogP contribution is -2.10. The molecule has 0 spiro atoms. The van der Waals surface area contributed by atoms with Crippen LogP contribution in [0.5, 0.6) is 0 Å². The fraction of sp³-hybridized carbons (Fsp3) is 0.467. The average Bonchev–Trinajstić information content (AvgIpc) is 2.35. The molecule has 1 aromatic rings. The summed E-state index contributed by atoms with van der Waals surface area (Å²) in [6.45, 7) is 11.0. The molecular weight excluding hydrogens is 275 g/mol. The van der Waals surface area contributed by atoms with Gasteiger partial charge in [-0.05, 0) is 38.8 Å². The third-order valence-corrected chi connectivity index (χ3v) is 4.09. The highest BCUT2D eigenvalue weighted by Gasteiger charge is 2.29. The lowest BCUT2D eigenvalue weighted by Gasteiger charge is -2.21. The number of phosphoric acid groups is 1. The van der Waals surface area contributed by atoms with Gasteiger partial charge >= 0.3 is 7.82 Å². The number of hydrogen-bond donors (Lipinski definition) is 0. The molecule has 1 aromatic carbocycles. The summed E-state index contributed by atoms with van der Waals surface area (Å²) in [7, 11) is -3.54. The van der Waals surface area contributed by atoms with Crippen LogP contribution >= 0.6 is 7.82 Å². The normalized spacial score (nSPS) is 12.1. The maximum atomic E-state index is 12.4. The molecule has 0 radical (unpaired) electrons. The highest BCUT2D eigenvalue weighted by molar-refractivity contribution is 7.48. The average molecular weight is 298 g/mol. The van der Waals surface area contributed by atoms with Gasteiger partial charge in [0.2, 0.25) is 0 Å². The first kappa shape index (κ1) is 17.1. The lowest BCUT2D eigenvalue weighted by atomic mass is 10.1. The summed E-state index contributed by atoms with van der Waals surface area (Å²) in [5.41, 5.74) is 1.92. The van der Waals surface area contributed by atoms with Gasteiger partial charge in [0.05, 0.1) is 18.8 Å². The van der Waals surface area contributed by atoms with Gasteiger partial charge in [-0.2, -0.15) is 0 Å². The fourth-order valence-electron chi connectivity index (χ4n) is 1.51. The Labute approximate surface area is 121 Å². The quantitative estimate of drug-likeness (QED) is 0.646. The van der Waals surface area contributed by atoms with Gasteiger partial charge in [-0.1, -0.05) is 36.9 Å². The minimum atomic E-state index is -3.54. The molecule has 0 aliphatic carbocycles. The van der Waals surface area contributed by atoms with Crippen LogP contribution in [-0.2, 0) is 24.7 Å². The van der Waals surface area contributed by atoms with Crippen LogP contribution in [0.15, 0.2) is 30.8 Å². The molecule has 0 aliphatic heterocycles. The van der Waals surface area contributed by atoms with Gasteiger partial charge in [-0.15, -0.1) is 0 Å². The van der Waals surface area contributed by atoms with E-state index in [0.717, 1.165) is 11.1 Å². The van der Waals surface area contributed by atoms with Gasteiger partial charge in [0.25, 0.3) is 0 Å². The van der Waals surface area contributed by atoms with Crippen LogP contribution < -0.4 is 0 Å². The van der Waals surface area contributed by atoms with Crippen molar-refractivity contribution < 1.29 is 18.1 Å². The van der Waals surface area contributed by atoms with Crippen LogP contribution in [0.2, 0.25) is 0 Å². The van der Waals surface area contributed by atoms with E-state index >= 15 is 0 Å².